The Hall–Kier alpha value is -1.79. The van der Waals surface area contributed by atoms with Crippen LogP contribution in [0.1, 0.15) is 30.0 Å². The summed E-state index contributed by atoms with van der Waals surface area (Å²) in [7, 11) is 0. The Bertz CT molecular complexity index is 595. The van der Waals surface area contributed by atoms with E-state index in [2.05, 4.69) is 21.4 Å². The number of amides is 1. The molecule has 116 valence electrons. The highest BCUT2D eigenvalue weighted by Crippen LogP contribution is 2.29. The third kappa shape index (κ3) is 3.51. The lowest BCUT2D eigenvalue weighted by atomic mass is 9.88. The van der Waals surface area contributed by atoms with Crippen LogP contribution in [0.25, 0.3) is 0 Å². The zero-order chi connectivity index (χ0) is 15.3. The zero-order valence-electron chi connectivity index (χ0n) is 12.3. The fraction of sp³-hybridized carbons (Fsp3) is 0.438. The van der Waals surface area contributed by atoms with Crippen molar-refractivity contribution in [3.05, 3.63) is 46.7 Å². The molecule has 1 amide bonds. The van der Waals surface area contributed by atoms with E-state index < -0.39 is 5.54 Å². The van der Waals surface area contributed by atoms with Gasteiger partial charge >= 0.3 is 0 Å². The average Bonchev–Trinajstić information content (AvgIpc) is 3.08. The molecule has 2 aromatic rings. The first kappa shape index (κ1) is 15.1. The Balaban J connectivity index is 1.69. The normalized spacial score (nSPS) is 17.1. The van der Waals surface area contributed by atoms with E-state index in [1.54, 1.807) is 29.8 Å². The van der Waals surface area contributed by atoms with Crippen LogP contribution in [-0.2, 0) is 21.5 Å². The lowest BCUT2D eigenvalue weighted by Gasteiger charge is -2.36. The summed E-state index contributed by atoms with van der Waals surface area (Å²) < 4.78 is 5.44. The largest absolute Gasteiger partial charge is 0.381 e. The fourth-order valence-electron chi connectivity index (χ4n) is 2.69. The van der Waals surface area contributed by atoms with Crippen molar-refractivity contribution in [1.29, 1.82) is 0 Å². The van der Waals surface area contributed by atoms with Crippen LogP contribution in [0.3, 0.4) is 0 Å². The van der Waals surface area contributed by atoms with Crippen LogP contribution in [0.15, 0.2) is 36.0 Å². The van der Waals surface area contributed by atoms with Gasteiger partial charge in [-0.3, -0.25) is 4.79 Å². The van der Waals surface area contributed by atoms with Crippen molar-refractivity contribution in [2.75, 3.05) is 13.2 Å². The third-order valence-electron chi connectivity index (χ3n) is 3.90. The molecule has 5 nitrogen and oxygen atoms in total. The summed E-state index contributed by atoms with van der Waals surface area (Å²) in [5, 5.41) is 5.20. The third-order valence-corrected chi connectivity index (χ3v) is 4.83. The molecule has 1 fully saturated rings. The topological polar surface area (TPSA) is 64.1 Å². The van der Waals surface area contributed by atoms with Crippen LogP contribution in [0.5, 0.6) is 0 Å². The van der Waals surface area contributed by atoms with Gasteiger partial charge in [0.2, 0.25) is 5.91 Å². The van der Waals surface area contributed by atoms with E-state index >= 15 is 0 Å². The van der Waals surface area contributed by atoms with E-state index in [9.17, 15) is 4.79 Å². The molecule has 1 aliphatic rings. The molecule has 1 aliphatic heterocycles. The van der Waals surface area contributed by atoms with Gasteiger partial charge in [-0.25, -0.2) is 9.97 Å². The zero-order valence-corrected chi connectivity index (χ0v) is 13.1. The Morgan fingerprint density at radius 3 is 2.73 bits per heavy atom. The molecular weight excluding hydrogens is 298 g/mol. The van der Waals surface area contributed by atoms with Gasteiger partial charge in [0.05, 0.1) is 0 Å². The number of rotatable bonds is 5. The number of ether oxygens (including phenoxy) is 1. The number of aryl methyl sites for hydroxylation is 1. The maximum absolute atomic E-state index is 12.4. The van der Waals surface area contributed by atoms with Crippen molar-refractivity contribution in [2.45, 2.75) is 31.2 Å². The van der Waals surface area contributed by atoms with Gasteiger partial charge in [-0.15, -0.1) is 11.3 Å². The molecule has 1 saturated heterocycles. The first-order valence-electron chi connectivity index (χ1n) is 7.47. The minimum atomic E-state index is -0.494. The summed E-state index contributed by atoms with van der Waals surface area (Å²) in [6, 6.07) is 5.85. The first-order valence-corrected chi connectivity index (χ1v) is 8.35. The SMILES string of the molecule is O=C(CCc1cccs1)NC1(c2ncccn2)CCOCC1. The summed E-state index contributed by atoms with van der Waals surface area (Å²) in [5.74, 6) is 0.727. The monoisotopic (exact) mass is 317 g/mol. The lowest BCUT2D eigenvalue weighted by molar-refractivity contribution is -0.124. The van der Waals surface area contributed by atoms with E-state index in [1.807, 2.05) is 11.4 Å². The molecule has 0 radical (unpaired) electrons. The fourth-order valence-corrected chi connectivity index (χ4v) is 3.40. The molecule has 0 saturated carbocycles. The molecule has 6 heteroatoms. The van der Waals surface area contributed by atoms with Crippen molar-refractivity contribution in [3.8, 4) is 0 Å². The highest BCUT2D eigenvalue weighted by Gasteiger charge is 2.38. The second-order valence-corrected chi connectivity index (χ2v) is 6.43. The smallest absolute Gasteiger partial charge is 0.221 e. The Kier molecular flexibility index (Phi) is 4.80. The van der Waals surface area contributed by atoms with E-state index in [0.29, 0.717) is 38.3 Å². The van der Waals surface area contributed by atoms with Crippen LogP contribution >= 0.6 is 11.3 Å². The van der Waals surface area contributed by atoms with Gasteiger partial charge in [-0.05, 0) is 23.9 Å². The Morgan fingerprint density at radius 2 is 2.05 bits per heavy atom. The molecular formula is C16H19N3O2S. The predicted molar refractivity (Wildman–Crippen MR) is 84.5 cm³/mol. The number of carbonyl (C=O) groups excluding carboxylic acids is 1. The van der Waals surface area contributed by atoms with Gasteiger partial charge in [0, 0.05) is 49.7 Å². The van der Waals surface area contributed by atoms with Crippen LogP contribution in [0.2, 0.25) is 0 Å². The summed E-state index contributed by atoms with van der Waals surface area (Å²) in [6.07, 6.45) is 6.11. The Morgan fingerprint density at radius 1 is 1.27 bits per heavy atom. The lowest BCUT2D eigenvalue weighted by Crippen LogP contribution is -2.50. The van der Waals surface area contributed by atoms with Crippen molar-refractivity contribution in [2.24, 2.45) is 0 Å². The molecule has 0 spiro atoms. The molecule has 1 N–H and O–H groups in total. The van der Waals surface area contributed by atoms with Crippen LogP contribution in [0, 0.1) is 0 Å². The van der Waals surface area contributed by atoms with E-state index in [-0.39, 0.29) is 5.91 Å². The van der Waals surface area contributed by atoms with Gasteiger partial charge < -0.3 is 10.1 Å². The molecule has 0 aliphatic carbocycles. The van der Waals surface area contributed by atoms with Gasteiger partial charge in [0.25, 0.3) is 0 Å². The highest BCUT2D eigenvalue weighted by atomic mass is 32.1. The number of nitrogens with zero attached hydrogens (tertiary/aromatic N) is 2. The number of hydrogen-bond donors (Lipinski definition) is 1. The number of aromatic nitrogens is 2. The number of nitrogens with one attached hydrogen (secondary N) is 1. The van der Waals surface area contributed by atoms with Crippen molar-refractivity contribution >= 4 is 17.2 Å². The number of thiophene rings is 1. The van der Waals surface area contributed by atoms with Crippen LogP contribution < -0.4 is 5.32 Å². The number of carbonyl (C=O) groups is 1. The second kappa shape index (κ2) is 6.98. The van der Waals surface area contributed by atoms with Crippen LogP contribution in [-0.4, -0.2) is 29.1 Å². The van der Waals surface area contributed by atoms with Gasteiger partial charge in [0.15, 0.2) is 5.82 Å². The van der Waals surface area contributed by atoms with Gasteiger partial charge in [-0.1, -0.05) is 6.07 Å². The average molecular weight is 317 g/mol. The first-order chi connectivity index (χ1) is 10.8. The van der Waals surface area contributed by atoms with Gasteiger partial charge in [-0.2, -0.15) is 0 Å². The molecule has 0 unspecified atom stereocenters. The summed E-state index contributed by atoms with van der Waals surface area (Å²) in [6.45, 7) is 1.23. The summed E-state index contributed by atoms with van der Waals surface area (Å²) >= 11 is 1.68. The quantitative estimate of drug-likeness (QED) is 0.919. The molecule has 2 aromatic heterocycles. The molecule has 3 heterocycles. The summed E-state index contributed by atoms with van der Waals surface area (Å²) in [4.78, 5) is 22.3. The maximum Gasteiger partial charge on any atom is 0.221 e. The minimum Gasteiger partial charge on any atom is -0.381 e. The number of hydrogen-bond acceptors (Lipinski definition) is 5. The van der Waals surface area contributed by atoms with E-state index in [1.165, 1.54) is 4.88 Å². The van der Waals surface area contributed by atoms with Crippen molar-refractivity contribution in [3.63, 3.8) is 0 Å². The molecule has 0 bridgehead atoms. The van der Waals surface area contributed by atoms with Crippen LogP contribution in [0.4, 0.5) is 0 Å². The predicted octanol–water partition coefficient (Wildman–Crippen LogP) is 2.29. The van der Waals surface area contributed by atoms with E-state index in [0.717, 1.165) is 6.42 Å². The van der Waals surface area contributed by atoms with E-state index in [4.69, 9.17) is 4.74 Å². The second-order valence-electron chi connectivity index (χ2n) is 5.39. The minimum absolute atomic E-state index is 0.0442. The highest BCUT2D eigenvalue weighted by molar-refractivity contribution is 7.09. The molecule has 3 rings (SSSR count). The Labute approximate surface area is 133 Å². The standard InChI is InChI=1S/C16H19N3O2S/c20-14(5-4-13-3-1-12-22-13)19-16(6-10-21-11-7-16)15-17-8-2-9-18-15/h1-3,8-9,12H,4-7,10-11H2,(H,19,20). The molecule has 0 aromatic carbocycles. The molecule has 0 atom stereocenters. The summed E-state index contributed by atoms with van der Waals surface area (Å²) in [5.41, 5.74) is -0.494. The van der Waals surface area contributed by atoms with Crippen molar-refractivity contribution in [1.82, 2.24) is 15.3 Å². The molecule has 22 heavy (non-hydrogen) atoms. The van der Waals surface area contributed by atoms with Crippen molar-refractivity contribution < 1.29 is 9.53 Å². The van der Waals surface area contributed by atoms with Gasteiger partial charge in [0.1, 0.15) is 5.54 Å². The maximum atomic E-state index is 12.4.